The lowest BCUT2D eigenvalue weighted by Gasteiger charge is -2.26. The number of hydrogen-bond acceptors (Lipinski definition) is 3. The molecule has 2 atom stereocenters. The van der Waals surface area contributed by atoms with E-state index in [0.717, 1.165) is 25.1 Å². The van der Waals surface area contributed by atoms with Gasteiger partial charge < -0.3 is 16.0 Å². The van der Waals surface area contributed by atoms with Crippen molar-refractivity contribution in [3.05, 3.63) is 29.8 Å². The Morgan fingerprint density at radius 3 is 2.73 bits per heavy atom. The van der Waals surface area contributed by atoms with E-state index in [-0.39, 0.29) is 11.9 Å². The van der Waals surface area contributed by atoms with Gasteiger partial charge in [-0.2, -0.15) is 0 Å². The Labute approximate surface area is 134 Å². The fourth-order valence-corrected chi connectivity index (χ4v) is 3.04. The molecule has 1 amide bonds. The van der Waals surface area contributed by atoms with E-state index in [1.54, 1.807) is 6.92 Å². The van der Waals surface area contributed by atoms with Gasteiger partial charge in [-0.3, -0.25) is 4.79 Å². The van der Waals surface area contributed by atoms with Crippen molar-refractivity contribution in [1.82, 2.24) is 5.32 Å². The predicted molar refractivity (Wildman–Crippen MR) is 91.9 cm³/mol. The number of rotatable bonds is 6. The summed E-state index contributed by atoms with van der Waals surface area (Å²) in [5.41, 5.74) is 7.69. The first-order valence-corrected chi connectivity index (χ1v) is 8.39. The maximum Gasteiger partial charge on any atom is 0.240 e. The third-order valence-corrected chi connectivity index (χ3v) is 4.48. The molecule has 1 aromatic carbocycles. The van der Waals surface area contributed by atoms with Crippen LogP contribution in [0.4, 0.5) is 5.69 Å². The Hall–Kier alpha value is -1.55. The molecule has 1 aromatic rings. The van der Waals surface area contributed by atoms with Crippen LogP contribution in [0, 0.1) is 0 Å². The van der Waals surface area contributed by atoms with Crippen molar-refractivity contribution in [2.24, 2.45) is 5.73 Å². The van der Waals surface area contributed by atoms with E-state index in [1.807, 2.05) is 13.8 Å². The second kappa shape index (κ2) is 7.14. The third kappa shape index (κ3) is 4.01. The Kier molecular flexibility index (Phi) is 5.46. The molecule has 1 heterocycles. The normalized spacial score (nSPS) is 18.8. The number of anilines is 1. The van der Waals surface area contributed by atoms with Crippen LogP contribution >= 0.6 is 0 Å². The summed E-state index contributed by atoms with van der Waals surface area (Å²) in [6, 6.07) is 8.43. The lowest BCUT2D eigenvalue weighted by Crippen LogP contribution is -2.52. The summed E-state index contributed by atoms with van der Waals surface area (Å²) in [6.07, 6.45) is 4.12. The molecule has 0 spiro atoms. The number of nitrogens with two attached hydrogens (primary N) is 1. The van der Waals surface area contributed by atoms with Crippen molar-refractivity contribution in [3.63, 3.8) is 0 Å². The monoisotopic (exact) mass is 303 g/mol. The van der Waals surface area contributed by atoms with Crippen molar-refractivity contribution in [2.75, 3.05) is 18.0 Å². The van der Waals surface area contributed by atoms with Crippen molar-refractivity contribution < 1.29 is 4.79 Å². The summed E-state index contributed by atoms with van der Waals surface area (Å²) in [5, 5.41) is 3.06. The molecule has 1 fully saturated rings. The summed E-state index contributed by atoms with van der Waals surface area (Å²) in [5.74, 6) is -0.0755. The van der Waals surface area contributed by atoms with Crippen LogP contribution in [0.5, 0.6) is 0 Å². The van der Waals surface area contributed by atoms with Crippen molar-refractivity contribution >= 4 is 11.6 Å². The minimum Gasteiger partial charge on any atom is -0.372 e. The van der Waals surface area contributed by atoms with Crippen LogP contribution in [-0.4, -0.2) is 24.5 Å². The van der Waals surface area contributed by atoms with Gasteiger partial charge in [0.2, 0.25) is 5.91 Å². The van der Waals surface area contributed by atoms with Gasteiger partial charge >= 0.3 is 0 Å². The highest BCUT2D eigenvalue weighted by Gasteiger charge is 2.28. The highest BCUT2D eigenvalue weighted by Crippen LogP contribution is 2.24. The Morgan fingerprint density at radius 2 is 2.09 bits per heavy atom. The molecular formula is C18H29N3O. The van der Waals surface area contributed by atoms with Crippen molar-refractivity contribution in [1.29, 1.82) is 0 Å². The molecule has 0 radical (unpaired) electrons. The van der Waals surface area contributed by atoms with Gasteiger partial charge in [-0.05, 0) is 50.8 Å². The number of nitrogens with zero attached hydrogens (tertiary/aromatic N) is 1. The zero-order chi connectivity index (χ0) is 16.2. The largest absolute Gasteiger partial charge is 0.372 e. The van der Waals surface area contributed by atoms with Crippen LogP contribution in [0.1, 0.15) is 58.1 Å². The average Bonchev–Trinajstić information content (AvgIpc) is 3.01. The maximum atomic E-state index is 12.3. The van der Waals surface area contributed by atoms with Crippen LogP contribution in [0.3, 0.4) is 0 Å². The van der Waals surface area contributed by atoms with E-state index < -0.39 is 5.54 Å². The molecule has 2 unspecified atom stereocenters. The fraction of sp³-hybridized carbons (Fsp3) is 0.611. The van der Waals surface area contributed by atoms with Crippen LogP contribution in [0.15, 0.2) is 24.3 Å². The molecule has 0 aromatic heterocycles. The molecule has 2 rings (SSSR count). The van der Waals surface area contributed by atoms with Crippen LogP contribution in [0.2, 0.25) is 0 Å². The summed E-state index contributed by atoms with van der Waals surface area (Å²) < 4.78 is 0. The predicted octanol–water partition coefficient (Wildman–Crippen LogP) is 2.98. The number of benzene rings is 1. The highest BCUT2D eigenvalue weighted by atomic mass is 16.2. The molecule has 4 heteroatoms. The van der Waals surface area contributed by atoms with E-state index in [2.05, 4.69) is 34.5 Å². The van der Waals surface area contributed by atoms with Gasteiger partial charge in [0.05, 0.1) is 11.6 Å². The maximum absolute atomic E-state index is 12.3. The standard InChI is InChI=1S/C18H29N3O/c1-4-10-18(3,19)17(22)20-14(2)15-8-7-9-16(13-15)21-11-5-6-12-21/h7-9,13-14H,4-6,10-12,19H2,1-3H3,(H,20,22). The molecule has 1 saturated heterocycles. The van der Waals surface area contributed by atoms with Gasteiger partial charge in [0.25, 0.3) is 0 Å². The zero-order valence-corrected chi connectivity index (χ0v) is 14.1. The molecular weight excluding hydrogens is 274 g/mol. The van der Waals surface area contributed by atoms with E-state index in [9.17, 15) is 4.79 Å². The molecule has 0 saturated carbocycles. The van der Waals surface area contributed by atoms with Gasteiger partial charge in [-0.15, -0.1) is 0 Å². The van der Waals surface area contributed by atoms with Crippen molar-refractivity contribution in [2.45, 2.75) is 58.0 Å². The van der Waals surface area contributed by atoms with Crippen LogP contribution < -0.4 is 16.0 Å². The highest BCUT2D eigenvalue weighted by molar-refractivity contribution is 5.85. The molecule has 1 aliphatic heterocycles. The van der Waals surface area contributed by atoms with Crippen LogP contribution in [0.25, 0.3) is 0 Å². The lowest BCUT2D eigenvalue weighted by atomic mass is 9.95. The first-order valence-electron chi connectivity index (χ1n) is 8.39. The summed E-state index contributed by atoms with van der Waals surface area (Å²) in [6.45, 7) is 8.12. The van der Waals surface area contributed by atoms with E-state index in [1.165, 1.54) is 18.5 Å². The summed E-state index contributed by atoms with van der Waals surface area (Å²) >= 11 is 0. The topological polar surface area (TPSA) is 58.4 Å². The molecule has 1 aliphatic rings. The zero-order valence-electron chi connectivity index (χ0n) is 14.1. The number of carbonyl (C=O) groups is 1. The fourth-order valence-electron chi connectivity index (χ4n) is 3.04. The number of hydrogen-bond donors (Lipinski definition) is 2. The first-order chi connectivity index (χ1) is 10.4. The lowest BCUT2D eigenvalue weighted by molar-refractivity contribution is -0.126. The molecule has 22 heavy (non-hydrogen) atoms. The summed E-state index contributed by atoms with van der Waals surface area (Å²) in [7, 11) is 0. The smallest absolute Gasteiger partial charge is 0.240 e. The molecule has 4 nitrogen and oxygen atoms in total. The van der Waals surface area contributed by atoms with E-state index in [0.29, 0.717) is 6.42 Å². The van der Waals surface area contributed by atoms with Gasteiger partial charge in [0.15, 0.2) is 0 Å². The Morgan fingerprint density at radius 1 is 1.41 bits per heavy atom. The average molecular weight is 303 g/mol. The van der Waals surface area contributed by atoms with E-state index in [4.69, 9.17) is 5.73 Å². The first kappa shape index (κ1) is 16.8. The number of nitrogens with one attached hydrogen (secondary N) is 1. The number of amides is 1. The van der Waals surface area contributed by atoms with Gasteiger partial charge in [-0.1, -0.05) is 25.5 Å². The van der Waals surface area contributed by atoms with Gasteiger partial charge in [0, 0.05) is 18.8 Å². The molecule has 0 bridgehead atoms. The van der Waals surface area contributed by atoms with E-state index >= 15 is 0 Å². The Bertz CT molecular complexity index is 507. The second-order valence-corrected chi connectivity index (χ2v) is 6.65. The Balaban J connectivity index is 2.04. The quantitative estimate of drug-likeness (QED) is 0.849. The van der Waals surface area contributed by atoms with Crippen molar-refractivity contribution in [3.8, 4) is 0 Å². The van der Waals surface area contributed by atoms with Gasteiger partial charge in [-0.25, -0.2) is 0 Å². The number of carbonyl (C=O) groups excluding carboxylic acids is 1. The summed E-state index contributed by atoms with van der Waals surface area (Å²) in [4.78, 5) is 14.7. The molecule has 3 N–H and O–H groups in total. The minimum atomic E-state index is -0.796. The second-order valence-electron chi connectivity index (χ2n) is 6.65. The van der Waals surface area contributed by atoms with Crippen LogP contribution in [-0.2, 0) is 4.79 Å². The SMILES string of the molecule is CCCC(C)(N)C(=O)NC(C)c1cccc(N2CCCC2)c1. The third-order valence-electron chi connectivity index (χ3n) is 4.48. The molecule has 0 aliphatic carbocycles. The minimum absolute atomic E-state index is 0.0326. The van der Waals surface area contributed by atoms with Gasteiger partial charge in [0.1, 0.15) is 0 Å². The molecule has 122 valence electrons.